The van der Waals surface area contributed by atoms with Crippen LogP contribution in [-0.2, 0) is 22.3 Å². The second-order valence-corrected chi connectivity index (χ2v) is 6.05. The van der Waals surface area contributed by atoms with Gasteiger partial charge in [0.15, 0.2) is 0 Å². The van der Waals surface area contributed by atoms with Crippen LogP contribution < -0.4 is 4.90 Å². The first kappa shape index (κ1) is 16.1. The number of nitrogens with zero attached hydrogens (tertiary/aromatic N) is 4. The van der Waals surface area contributed by atoms with Crippen molar-refractivity contribution in [2.45, 2.75) is 52.2 Å². The maximum atomic E-state index is 6.02. The van der Waals surface area contributed by atoms with Gasteiger partial charge in [0.2, 0.25) is 5.95 Å². The van der Waals surface area contributed by atoms with Gasteiger partial charge in [0.05, 0.1) is 29.7 Å². The molecular formula is C15H26N4O2. The number of anilines is 1. The van der Waals surface area contributed by atoms with Crippen molar-refractivity contribution in [2.24, 2.45) is 0 Å². The maximum absolute atomic E-state index is 6.02. The number of methoxy groups -OCH3 is 1. The summed E-state index contributed by atoms with van der Waals surface area (Å²) >= 11 is 0. The van der Waals surface area contributed by atoms with Gasteiger partial charge in [-0.25, -0.2) is 4.98 Å². The Hall–Kier alpha value is -1.27. The first-order valence-electron chi connectivity index (χ1n) is 7.63. The fourth-order valence-electron chi connectivity index (χ4n) is 2.78. The van der Waals surface area contributed by atoms with E-state index in [1.807, 2.05) is 0 Å². The Morgan fingerprint density at radius 2 is 1.95 bits per heavy atom. The standard InChI is InChI=1S/C15H26N4O2/c1-6-12-13(7-2)17-18-14(16-12)19-8-11(9-20-5)21-15(3,4)10-19/h11H,6-10H2,1-5H3/t11-/m0/s1. The van der Waals surface area contributed by atoms with Crippen molar-refractivity contribution >= 4 is 5.95 Å². The second-order valence-electron chi connectivity index (χ2n) is 6.05. The fourth-order valence-corrected chi connectivity index (χ4v) is 2.78. The van der Waals surface area contributed by atoms with Crippen LogP contribution >= 0.6 is 0 Å². The van der Waals surface area contributed by atoms with Crippen molar-refractivity contribution in [2.75, 3.05) is 31.7 Å². The summed E-state index contributed by atoms with van der Waals surface area (Å²) in [6.45, 7) is 10.4. The van der Waals surface area contributed by atoms with E-state index in [1.54, 1.807) is 7.11 Å². The van der Waals surface area contributed by atoms with Crippen molar-refractivity contribution < 1.29 is 9.47 Å². The zero-order chi connectivity index (χ0) is 15.5. The molecule has 0 saturated carbocycles. The Bertz CT molecular complexity index is 479. The molecule has 0 spiro atoms. The van der Waals surface area contributed by atoms with Crippen molar-refractivity contribution in [3.8, 4) is 0 Å². The van der Waals surface area contributed by atoms with Gasteiger partial charge < -0.3 is 14.4 Å². The van der Waals surface area contributed by atoms with Gasteiger partial charge in [0.25, 0.3) is 0 Å². The normalized spacial score (nSPS) is 21.6. The smallest absolute Gasteiger partial charge is 0.245 e. The molecule has 1 aromatic rings. The van der Waals surface area contributed by atoms with Gasteiger partial charge in [-0.05, 0) is 26.7 Å². The highest BCUT2D eigenvalue weighted by Gasteiger charge is 2.34. The third-order valence-corrected chi connectivity index (χ3v) is 3.61. The summed E-state index contributed by atoms with van der Waals surface area (Å²) in [5.41, 5.74) is 1.78. The van der Waals surface area contributed by atoms with E-state index in [9.17, 15) is 0 Å². The third-order valence-electron chi connectivity index (χ3n) is 3.61. The first-order valence-corrected chi connectivity index (χ1v) is 7.63. The van der Waals surface area contributed by atoms with Gasteiger partial charge in [0, 0.05) is 20.2 Å². The molecule has 0 aliphatic carbocycles. The van der Waals surface area contributed by atoms with E-state index in [1.165, 1.54) is 0 Å². The summed E-state index contributed by atoms with van der Waals surface area (Å²) in [5, 5.41) is 8.65. The molecule has 2 heterocycles. The first-order chi connectivity index (χ1) is 9.99. The van der Waals surface area contributed by atoms with Crippen LogP contribution in [0.5, 0.6) is 0 Å². The quantitative estimate of drug-likeness (QED) is 0.822. The Kier molecular flexibility index (Phi) is 5.11. The molecule has 0 radical (unpaired) electrons. The van der Waals surface area contributed by atoms with Crippen molar-refractivity contribution in [1.82, 2.24) is 15.2 Å². The third kappa shape index (κ3) is 3.89. The number of hydrogen-bond donors (Lipinski definition) is 0. The molecule has 0 unspecified atom stereocenters. The molecule has 1 saturated heterocycles. The maximum Gasteiger partial charge on any atom is 0.245 e. The van der Waals surface area contributed by atoms with E-state index >= 15 is 0 Å². The predicted molar refractivity (Wildman–Crippen MR) is 81.6 cm³/mol. The van der Waals surface area contributed by atoms with E-state index in [0.29, 0.717) is 12.6 Å². The van der Waals surface area contributed by atoms with Crippen LogP contribution in [0.4, 0.5) is 5.95 Å². The SMILES string of the molecule is CCc1nnc(N2C[C@@H](COC)OC(C)(C)C2)nc1CC. The molecule has 0 N–H and O–H groups in total. The molecule has 1 atom stereocenters. The van der Waals surface area contributed by atoms with Crippen molar-refractivity contribution in [3.05, 3.63) is 11.4 Å². The summed E-state index contributed by atoms with van der Waals surface area (Å²) in [7, 11) is 1.69. The molecule has 2 rings (SSSR count). The highest BCUT2D eigenvalue weighted by molar-refractivity contribution is 5.32. The molecule has 1 fully saturated rings. The second kappa shape index (κ2) is 6.66. The average molecular weight is 294 g/mol. The number of aryl methyl sites for hydroxylation is 2. The molecule has 6 heteroatoms. The predicted octanol–water partition coefficient (Wildman–Crippen LogP) is 1.63. The molecule has 1 aromatic heterocycles. The summed E-state index contributed by atoms with van der Waals surface area (Å²) in [5.74, 6) is 0.696. The lowest BCUT2D eigenvalue weighted by atomic mass is 10.1. The van der Waals surface area contributed by atoms with Crippen LogP contribution in [0.2, 0.25) is 0 Å². The zero-order valence-corrected chi connectivity index (χ0v) is 13.7. The topological polar surface area (TPSA) is 60.4 Å². The van der Waals surface area contributed by atoms with Crippen molar-refractivity contribution in [1.29, 1.82) is 0 Å². The highest BCUT2D eigenvalue weighted by Crippen LogP contribution is 2.24. The minimum atomic E-state index is -0.249. The van der Waals surface area contributed by atoms with Gasteiger partial charge in [0.1, 0.15) is 0 Å². The minimum Gasteiger partial charge on any atom is -0.382 e. The Labute approximate surface area is 126 Å². The van der Waals surface area contributed by atoms with E-state index < -0.39 is 0 Å². The lowest BCUT2D eigenvalue weighted by Gasteiger charge is -2.42. The lowest BCUT2D eigenvalue weighted by molar-refractivity contribution is -0.106. The van der Waals surface area contributed by atoms with Crippen LogP contribution in [0.3, 0.4) is 0 Å². The Morgan fingerprint density at radius 1 is 1.24 bits per heavy atom. The summed E-state index contributed by atoms with van der Waals surface area (Å²) in [6, 6.07) is 0. The van der Waals surface area contributed by atoms with Crippen molar-refractivity contribution in [3.63, 3.8) is 0 Å². The summed E-state index contributed by atoms with van der Waals surface area (Å²) in [4.78, 5) is 6.85. The molecule has 0 bridgehead atoms. The van der Waals surface area contributed by atoms with Gasteiger partial charge >= 0.3 is 0 Å². The molecule has 0 aromatic carbocycles. The van der Waals surface area contributed by atoms with Crippen LogP contribution in [0.1, 0.15) is 39.1 Å². The molecular weight excluding hydrogens is 268 g/mol. The van der Waals surface area contributed by atoms with E-state index in [2.05, 4.69) is 42.8 Å². The number of aromatic nitrogens is 3. The largest absolute Gasteiger partial charge is 0.382 e. The Balaban J connectivity index is 2.23. The summed E-state index contributed by atoms with van der Waals surface area (Å²) < 4.78 is 11.3. The van der Waals surface area contributed by atoms with Gasteiger partial charge in [-0.3, -0.25) is 0 Å². The zero-order valence-electron chi connectivity index (χ0n) is 13.7. The van der Waals surface area contributed by atoms with Gasteiger partial charge in [-0.15, -0.1) is 5.10 Å². The number of rotatable bonds is 5. The number of hydrogen-bond acceptors (Lipinski definition) is 6. The highest BCUT2D eigenvalue weighted by atomic mass is 16.5. The van der Waals surface area contributed by atoms with Gasteiger partial charge in [-0.2, -0.15) is 5.10 Å². The molecule has 21 heavy (non-hydrogen) atoms. The van der Waals surface area contributed by atoms with Crippen LogP contribution in [0.25, 0.3) is 0 Å². The molecule has 0 amide bonds. The Morgan fingerprint density at radius 3 is 2.57 bits per heavy atom. The lowest BCUT2D eigenvalue weighted by Crippen LogP contribution is -2.54. The summed E-state index contributed by atoms with van der Waals surface area (Å²) in [6.07, 6.45) is 1.77. The minimum absolute atomic E-state index is 0.0262. The van der Waals surface area contributed by atoms with Crippen LogP contribution in [0.15, 0.2) is 0 Å². The number of ether oxygens (including phenoxy) is 2. The van der Waals surface area contributed by atoms with Crippen LogP contribution in [-0.4, -0.2) is 53.7 Å². The molecule has 6 nitrogen and oxygen atoms in total. The van der Waals surface area contributed by atoms with Gasteiger partial charge in [-0.1, -0.05) is 13.8 Å². The van der Waals surface area contributed by atoms with E-state index in [-0.39, 0.29) is 11.7 Å². The molecule has 1 aliphatic rings. The monoisotopic (exact) mass is 294 g/mol. The molecule has 118 valence electrons. The average Bonchev–Trinajstić information content (AvgIpc) is 2.45. The molecule has 1 aliphatic heterocycles. The van der Waals surface area contributed by atoms with E-state index in [4.69, 9.17) is 14.5 Å². The number of morpholine rings is 1. The van der Waals surface area contributed by atoms with E-state index in [0.717, 1.165) is 37.3 Å². The van der Waals surface area contributed by atoms with Crippen LogP contribution in [0, 0.1) is 0 Å². The fraction of sp³-hybridized carbons (Fsp3) is 0.800.